The van der Waals surface area contributed by atoms with Gasteiger partial charge in [0.1, 0.15) is 23.9 Å². The van der Waals surface area contributed by atoms with Gasteiger partial charge in [-0.3, -0.25) is 0 Å². The summed E-state index contributed by atoms with van der Waals surface area (Å²) in [6, 6.07) is 8.46. The van der Waals surface area contributed by atoms with Crippen molar-refractivity contribution in [3.8, 4) is 22.9 Å². The van der Waals surface area contributed by atoms with E-state index in [0.717, 1.165) is 33.8 Å². The first-order valence-corrected chi connectivity index (χ1v) is 9.05. The molecule has 1 saturated carbocycles. The van der Waals surface area contributed by atoms with Gasteiger partial charge in [-0.05, 0) is 59.5 Å². The number of ether oxygens (including phenoxy) is 2. The maximum Gasteiger partial charge on any atom is 0.573 e. The number of aromatic hydroxyl groups is 1. The lowest BCUT2D eigenvalue weighted by Gasteiger charge is -2.18. The van der Waals surface area contributed by atoms with E-state index in [-0.39, 0.29) is 29.5 Å². The molecule has 3 aromatic rings. The minimum atomic E-state index is -4.93. The van der Waals surface area contributed by atoms with Gasteiger partial charge in [-0.1, -0.05) is 6.07 Å². The molecule has 1 aliphatic rings. The van der Waals surface area contributed by atoms with Gasteiger partial charge in [0.15, 0.2) is 0 Å². The van der Waals surface area contributed by atoms with E-state index in [2.05, 4.69) is 15.2 Å². The van der Waals surface area contributed by atoms with Crippen LogP contribution in [-0.4, -0.2) is 31.3 Å². The highest BCUT2D eigenvalue weighted by molar-refractivity contribution is 5.50. The molecule has 1 aliphatic carbocycles. The minimum absolute atomic E-state index is 0.0211. The highest BCUT2D eigenvalue weighted by atomic mass is 19.4. The fourth-order valence-electron chi connectivity index (χ4n) is 3.11. The fourth-order valence-corrected chi connectivity index (χ4v) is 3.11. The van der Waals surface area contributed by atoms with Crippen LogP contribution in [0.3, 0.4) is 0 Å². The summed E-state index contributed by atoms with van der Waals surface area (Å²) in [5, 5.41) is 17.0. The zero-order chi connectivity index (χ0) is 21.5. The molecular weight excluding hydrogens is 405 g/mol. The second kappa shape index (κ2) is 7.39. The lowest BCUT2D eigenvalue weighted by molar-refractivity contribution is -0.275. The van der Waals surface area contributed by atoms with Crippen LogP contribution in [0, 0.1) is 0 Å². The van der Waals surface area contributed by atoms with Gasteiger partial charge in [-0.25, -0.2) is 4.79 Å². The second-order valence-corrected chi connectivity index (χ2v) is 6.88. The van der Waals surface area contributed by atoms with Gasteiger partial charge in [0.25, 0.3) is 0 Å². The van der Waals surface area contributed by atoms with Crippen LogP contribution in [0.5, 0.6) is 17.2 Å². The van der Waals surface area contributed by atoms with Crippen molar-refractivity contribution in [2.24, 2.45) is 7.05 Å². The summed E-state index contributed by atoms with van der Waals surface area (Å²) in [5.74, 6) is 0.242. The van der Waals surface area contributed by atoms with Gasteiger partial charge in [-0.2, -0.15) is 9.36 Å². The Balaban J connectivity index is 1.74. The van der Waals surface area contributed by atoms with E-state index in [4.69, 9.17) is 4.74 Å². The van der Waals surface area contributed by atoms with Crippen LogP contribution >= 0.6 is 0 Å². The first-order valence-electron chi connectivity index (χ1n) is 9.05. The number of phenolic OH excluding ortho intramolecular Hbond substituents is 1. The molecule has 0 aliphatic heterocycles. The molecule has 0 amide bonds. The number of hydrogen-bond donors (Lipinski definition) is 1. The van der Waals surface area contributed by atoms with Crippen molar-refractivity contribution < 1.29 is 27.8 Å². The van der Waals surface area contributed by atoms with E-state index in [0.29, 0.717) is 5.75 Å². The van der Waals surface area contributed by atoms with Crippen LogP contribution in [0.15, 0.2) is 41.2 Å². The molecule has 158 valence electrons. The zero-order valence-electron chi connectivity index (χ0n) is 15.8. The third-order valence-corrected chi connectivity index (χ3v) is 4.67. The Labute approximate surface area is 168 Å². The van der Waals surface area contributed by atoms with E-state index >= 15 is 0 Å². The van der Waals surface area contributed by atoms with Crippen molar-refractivity contribution in [2.45, 2.75) is 31.7 Å². The van der Waals surface area contributed by atoms with Crippen molar-refractivity contribution in [1.82, 2.24) is 19.8 Å². The number of phenols is 1. The largest absolute Gasteiger partial charge is 0.573 e. The summed E-state index contributed by atoms with van der Waals surface area (Å²) < 4.78 is 50.6. The lowest BCUT2D eigenvalue weighted by atomic mass is 10.1. The highest BCUT2D eigenvalue weighted by Crippen LogP contribution is 2.45. The maximum atomic E-state index is 12.9. The van der Waals surface area contributed by atoms with Crippen molar-refractivity contribution in [3.05, 3.63) is 58.0 Å². The predicted molar refractivity (Wildman–Crippen MR) is 97.7 cm³/mol. The molecule has 2 aromatic carbocycles. The quantitative estimate of drug-likeness (QED) is 0.657. The predicted octanol–water partition coefficient (Wildman–Crippen LogP) is 3.03. The minimum Gasteiger partial charge on any atom is -0.508 e. The summed E-state index contributed by atoms with van der Waals surface area (Å²) in [6.45, 7) is -0.324. The monoisotopic (exact) mass is 422 g/mol. The normalized spacial score (nSPS) is 14.0. The average Bonchev–Trinajstić information content (AvgIpc) is 3.46. The van der Waals surface area contributed by atoms with Crippen LogP contribution < -0.4 is 15.2 Å². The third-order valence-electron chi connectivity index (χ3n) is 4.67. The molecule has 0 radical (unpaired) electrons. The number of halogens is 3. The molecule has 0 bridgehead atoms. The Kier molecular flexibility index (Phi) is 4.88. The topological polar surface area (TPSA) is 91.4 Å². The van der Waals surface area contributed by atoms with E-state index in [1.54, 1.807) is 12.1 Å². The fraction of sp³-hybridized carbons (Fsp3) is 0.316. The molecule has 4 rings (SSSR count). The number of aromatic nitrogens is 4. The second-order valence-electron chi connectivity index (χ2n) is 6.88. The molecule has 30 heavy (non-hydrogen) atoms. The molecule has 0 spiro atoms. The molecule has 11 heteroatoms. The Bertz CT molecular complexity index is 1140. The van der Waals surface area contributed by atoms with Crippen LogP contribution in [0.25, 0.3) is 5.69 Å². The molecule has 1 heterocycles. The van der Waals surface area contributed by atoms with Crippen LogP contribution in [-0.2, 0) is 13.7 Å². The van der Waals surface area contributed by atoms with Crippen molar-refractivity contribution in [1.29, 1.82) is 0 Å². The maximum absolute atomic E-state index is 12.9. The SMILES string of the molecule is Cn1nnn(-c2cccc(OC(F)(F)F)c2COc2ccc(O)cc2C2CC2)c1=O. The van der Waals surface area contributed by atoms with Crippen molar-refractivity contribution in [3.63, 3.8) is 0 Å². The number of tetrazole rings is 1. The lowest BCUT2D eigenvalue weighted by Crippen LogP contribution is -2.24. The summed E-state index contributed by atoms with van der Waals surface area (Å²) in [7, 11) is 1.37. The van der Waals surface area contributed by atoms with Crippen LogP contribution in [0.2, 0.25) is 0 Å². The van der Waals surface area contributed by atoms with E-state index in [1.165, 1.54) is 25.2 Å². The van der Waals surface area contributed by atoms with Crippen molar-refractivity contribution in [2.75, 3.05) is 0 Å². The number of nitrogens with zero attached hydrogens (tertiary/aromatic N) is 4. The smallest absolute Gasteiger partial charge is 0.508 e. The molecule has 0 saturated heterocycles. The first-order chi connectivity index (χ1) is 14.2. The van der Waals surface area contributed by atoms with Gasteiger partial charge in [0.2, 0.25) is 0 Å². The Morgan fingerprint density at radius 3 is 2.57 bits per heavy atom. The van der Waals surface area contributed by atoms with Crippen molar-refractivity contribution >= 4 is 0 Å². The Hall–Kier alpha value is -3.50. The van der Waals surface area contributed by atoms with Gasteiger partial charge in [0, 0.05) is 12.6 Å². The molecule has 1 N–H and O–H groups in total. The highest BCUT2D eigenvalue weighted by Gasteiger charge is 2.33. The summed E-state index contributed by atoms with van der Waals surface area (Å²) in [6.07, 6.45) is -3.06. The Morgan fingerprint density at radius 1 is 1.17 bits per heavy atom. The van der Waals surface area contributed by atoms with E-state index in [1.807, 2.05) is 0 Å². The molecule has 1 fully saturated rings. The molecule has 8 nitrogen and oxygen atoms in total. The van der Waals surface area contributed by atoms with Crippen LogP contribution in [0.4, 0.5) is 13.2 Å². The number of aryl methyl sites for hydroxylation is 1. The van der Waals surface area contributed by atoms with Crippen LogP contribution in [0.1, 0.15) is 29.9 Å². The molecule has 0 unspecified atom stereocenters. The van der Waals surface area contributed by atoms with Gasteiger partial charge in [-0.15, -0.1) is 13.2 Å². The summed E-state index contributed by atoms with van der Waals surface area (Å²) in [4.78, 5) is 12.3. The Morgan fingerprint density at radius 2 is 1.93 bits per heavy atom. The van der Waals surface area contributed by atoms with E-state index in [9.17, 15) is 23.1 Å². The first kappa shape index (κ1) is 19.8. The van der Waals surface area contributed by atoms with Gasteiger partial charge < -0.3 is 14.6 Å². The summed E-state index contributed by atoms with van der Waals surface area (Å²) >= 11 is 0. The van der Waals surface area contributed by atoms with Gasteiger partial charge >= 0.3 is 12.1 Å². The molecule has 1 aromatic heterocycles. The number of benzene rings is 2. The zero-order valence-corrected chi connectivity index (χ0v) is 15.8. The third kappa shape index (κ3) is 4.09. The number of hydrogen-bond acceptors (Lipinski definition) is 6. The molecule has 0 atom stereocenters. The average molecular weight is 422 g/mol. The molecular formula is C19H17F3N4O4. The van der Waals surface area contributed by atoms with E-state index < -0.39 is 17.8 Å². The summed E-state index contributed by atoms with van der Waals surface area (Å²) in [5.41, 5.74) is 0.181. The number of alkyl halides is 3. The van der Waals surface area contributed by atoms with Gasteiger partial charge in [0.05, 0.1) is 11.3 Å². The number of rotatable bonds is 6. The standard InChI is InChI=1S/C19H17F3N4O4/c1-25-18(28)26(24-23-25)15-3-2-4-17(30-19(20,21)22)14(15)10-29-16-8-7-12(27)9-13(16)11-5-6-11/h2-4,7-9,11,27H,5-6,10H2,1H3.